The van der Waals surface area contributed by atoms with Crippen LogP contribution in [0.4, 0.5) is 5.82 Å². The van der Waals surface area contributed by atoms with Crippen molar-refractivity contribution in [2.75, 3.05) is 32.0 Å². The molecule has 102 valence electrons. The first-order chi connectivity index (χ1) is 9.13. The second-order valence-electron chi connectivity index (χ2n) is 4.96. The molecule has 1 saturated heterocycles. The third kappa shape index (κ3) is 2.29. The second kappa shape index (κ2) is 4.60. The molecule has 3 rings (SSSR count). The number of anilines is 1. The number of aromatic nitrogens is 1. The molecule has 1 atom stereocenters. The Morgan fingerprint density at radius 2 is 2.26 bits per heavy atom. The average molecular weight is 262 g/mol. The molecule has 7 nitrogen and oxygen atoms in total. The Morgan fingerprint density at radius 1 is 1.42 bits per heavy atom. The highest BCUT2D eigenvalue weighted by Gasteiger charge is 2.23. The van der Waals surface area contributed by atoms with Crippen molar-refractivity contribution in [3.63, 3.8) is 0 Å². The van der Waals surface area contributed by atoms with Gasteiger partial charge in [0, 0.05) is 32.0 Å². The van der Waals surface area contributed by atoms with Crippen LogP contribution in [0.5, 0.6) is 0 Å². The number of nitrogens with zero attached hydrogens (tertiary/aromatic N) is 2. The van der Waals surface area contributed by atoms with Gasteiger partial charge in [0.05, 0.1) is 11.7 Å². The summed E-state index contributed by atoms with van der Waals surface area (Å²) >= 11 is 0. The Bertz CT molecular complexity index is 522. The Hall–Kier alpha value is -1.99. The van der Waals surface area contributed by atoms with Crippen LogP contribution in [0.1, 0.15) is 10.4 Å². The van der Waals surface area contributed by atoms with Crippen molar-refractivity contribution < 1.29 is 4.79 Å². The lowest BCUT2D eigenvalue weighted by Crippen LogP contribution is -2.54. The van der Waals surface area contributed by atoms with Crippen molar-refractivity contribution in [2.45, 2.75) is 6.17 Å². The summed E-state index contributed by atoms with van der Waals surface area (Å²) in [6.45, 7) is 2.61. The number of hydrogen-bond donors (Lipinski definition) is 4. The van der Waals surface area contributed by atoms with Crippen molar-refractivity contribution in [2.24, 2.45) is 5.73 Å². The summed E-state index contributed by atoms with van der Waals surface area (Å²) < 4.78 is 0. The van der Waals surface area contributed by atoms with E-state index >= 15 is 0 Å². The van der Waals surface area contributed by atoms with Crippen molar-refractivity contribution in [3.8, 4) is 0 Å². The molecule has 1 aromatic heterocycles. The summed E-state index contributed by atoms with van der Waals surface area (Å²) in [5.74, 6) is 1.27. The molecule has 0 spiro atoms. The van der Waals surface area contributed by atoms with Crippen LogP contribution in [-0.4, -0.2) is 53.5 Å². The van der Waals surface area contributed by atoms with Gasteiger partial charge in [-0.1, -0.05) is 0 Å². The van der Waals surface area contributed by atoms with Gasteiger partial charge in [-0.05, 0) is 13.1 Å². The number of rotatable bonds is 1. The van der Waals surface area contributed by atoms with Gasteiger partial charge in [-0.25, -0.2) is 0 Å². The maximum Gasteiger partial charge on any atom is 0.260 e. The van der Waals surface area contributed by atoms with E-state index in [1.165, 1.54) is 0 Å². The molecule has 1 fully saturated rings. The molecule has 0 saturated carbocycles. The highest BCUT2D eigenvalue weighted by atomic mass is 16.2. The molecule has 7 heteroatoms. The zero-order valence-corrected chi connectivity index (χ0v) is 10.8. The molecule has 2 aliphatic rings. The Kier molecular flexibility index (Phi) is 2.92. The number of piperazine rings is 1. The minimum absolute atomic E-state index is 0.0602. The molecular formula is C12H18N6O. The van der Waals surface area contributed by atoms with E-state index < -0.39 is 0 Å². The molecule has 1 amide bonds. The second-order valence-corrected chi connectivity index (χ2v) is 4.96. The van der Waals surface area contributed by atoms with Gasteiger partial charge >= 0.3 is 0 Å². The molecule has 1 aromatic rings. The predicted molar refractivity (Wildman–Crippen MR) is 72.1 cm³/mol. The first-order valence-electron chi connectivity index (χ1n) is 6.31. The summed E-state index contributed by atoms with van der Waals surface area (Å²) in [6, 6.07) is 1.75. The van der Waals surface area contributed by atoms with Crippen LogP contribution in [-0.2, 0) is 0 Å². The van der Waals surface area contributed by atoms with Crippen LogP contribution in [0.3, 0.4) is 0 Å². The number of hydrogen-bond acceptors (Lipinski definition) is 5. The summed E-state index contributed by atoms with van der Waals surface area (Å²) in [6.07, 6.45) is 3.55. The fourth-order valence-corrected chi connectivity index (χ4v) is 2.38. The summed E-state index contributed by atoms with van der Waals surface area (Å²) in [7, 11) is 2.05. The lowest BCUT2D eigenvalue weighted by atomic mass is 10.2. The normalized spacial score (nSPS) is 26.0. The first kappa shape index (κ1) is 12.1. The number of nitrogens with two attached hydrogens (primary N) is 1. The van der Waals surface area contributed by atoms with E-state index in [1.807, 2.05) is 11.1 Å². The molecule has 2 aliphatic heterocycles. The largest absolute Gasteiger partial charge is 0.357 e. The summed E-state index contributed by atoms with van der Waals surface area (Å²) in [5.41, 5.74) is 6.71. The molecule has 1 unspecified atom stereocenters. The fourth-order valence-electron chi connectivity index (χ4n) is 2.38. The standard InChI is InChI=1S/C12H18N6O/c1-17-4-5-18(9(13)6-17)7-10-15-11-8(2-3-14-11)12(19)16-10/h2-3,7,9,14-15H,4-6,13H2,1H3,(H,16,19). The van der Waals surface area contributed by atoms with E-state index in [2.05, 4.69) is 27.6 Å². The number of carbonyl (C=O) groups is 1. The topological polar surface area (TPSA) is 89.4 Å². The van der Waals surface area contributed by atoms with Crippen LogP contribution in [0.15, 0.2) is 24.3 Å². The fraction of sp³-hybridized carbons (Fsp3) is 0.417. The number of amides is 1. The van der Waals surface area contributed by atoms with Gasteiger partial charge in [0.1, 0.15) is 11.6 Å². The van der Waals surface area contributed by atoms with E-state index in [-0.39, 0.29) is 12.1 Å². The van der Waals surface area contributed by atoms with Crippen LogP contribution in [0.2, 0.25) is 0 Å². The smallest absolute Gasteiger partial charge is 0.260 e. The van der Waals surface area contributed by atoms with Crippen molar-refractivity contribution >= 4 is 11.7 Å². The van der Waals surface area contributed by atoms with Gasteiger partial charge < -0.3 is 31.2 Å². The van der Waals surface area contributed by atoms with E-state index in [0.717, 1.165) is 25.5 Å². The Balaban J connectivity index is 1.77. The SMILES string of the molecule is CN1CCN(C=C2NC(=O)c3cc[nH]c3N2)C(N)C1. The van der Waals surface area contributed by atoms with Gasteiger partial charge in [0.25, 0.3) is 5.91 Å². The molecule has 3 heterocycles. The Morgan fingerprint density at radius 3 is 3.05 bits per heavy atom. The third-order valence-electron chi connectivity index (χ3n) is 3.46. The lowest BCUT2D eigenvalue weighted by Gasteiger charge is -2.37. The van der Waals surface area contributed by atoms with E-state index in [9.17, 15) is 4.79 Å². The molecular weight excluding hydrogens is 244 g/mol. The average Bonchev–Trinajstić information content (AvgIpc) is 2.81. The summed E-state index contributed by atoms with van der Waals surface area (Å²) in [4.78, 5) is 19.1. The highest BCUT2D eigenvalue weighted by Crippen LogP contribution is 2.19. The predicted octanol–water partition coefficient (Wildman–Crippen LogP) is -0.499. The van der Waals surface area contributed by atoms with Crippen LogP contribution in [0.25, 0.3) is 0 Å². The monoisotopic (exact) mass is 262 g/mol. The van der Waals surface area contributed by atoms with Crippen LogP contribution in [0, 0.1) is 0 Å². The first-order valence-corrected chi connectivity index (χ1v) is 6.31. The number of fused-ring (bicyclic) bond motifs is 1. The molecule has 5 N–H and O–H groups in total. The molecule has 0 aromatic carbocycles. The van der Waals surface area contributed by atoms with E-state index in [0.29, 0.717) is 11.4 Å². The van der Waals surface area contributed by atoms with Gasteiger partial charge in [-0.15, -0.1) is 0 Å². The zero-order chi connectivity index (χ0) is 13.4. The molecule has 0 aliphatic carbocycles. The summed E-state index contributed by atoms with van der Waals surface area (Å²) in [5, 5.41) is 5.97. The number of carbonyl (C=O) groups excluding carboxylic acids is 1. The maximum atomic E-state index is 11.9. The van der Waals surface area contributed by atoms with Crippen LogP contribution < -0.4 is 16.4 Å². The molecule has 0 bridgehead atoms. The van der Waals surface area contributed by atoms with Crippen molar-refractivity contribution in [1.29, 1.82) is 0 Å². The minimum Gasteiger partial charge on any atom is -0.357 e. The molecule has 0 radical (unpaired) electrons. The Labute approximate surface area is 111 Å². The van der Waals surface area contributed by atoms with Crippen molar-refractivity contribution in [1.82, 2.24) is 20.1 Å². The maximum absolute atomic E-state index is 11.9. The number of likely N-dealkylation sites (N-methyl/N-ethyl adjacent to an activating group) is 1. The van der Waals surface area contributed by atoms with Gasteiger partial charge in [0.15, 0.2) is 0 Å². The third-order valence-corrected chi connectivity index (χ3v) is 3.46. The highest BCUT2D eigenvalue weighted by molar-refractivity contribution is 6.02. The number of aromatic amines is 1. The minimum atomic E-state index is -0.107. The lowest BCUT2D eigenvalue weighted by molar-refractivity contribution is 0.0960. The van der Waals surface area contributed by atoms with Gasteiger partial charge in [-0.3, -0.25) is 4.79 Å². The quantitative estimate of drug-likeness (QED) is 0.548. The van der Waals surface area contributed by atoms with Gasteiger partial charge in [0.2, 0.25) is 0 Å². The molecule has 19 heavy (non-hydrogen) atoms. The number of nitrogens with one attached hydrogen (secondary N) is 3. The van der Waals surface area contributed by atoms with E-state index in [1.54, 1.807) is 12.3 Å². The van der Waals surface area contributed by atoms with Crippen LogP contribution >= 0.6 is 0 Å². The van der Waals surface area contributed by atoms with Crippen molar-refractivity contribution in [3.05, 3.63) is 29.8 Å². The van der Waals surface area contributed by atoms with Gasteiger partial charge in [-0.2, -0.15) is 0 Å². The number of H-pyrrole nitrogens is 1. The zero-order valence-electron chi connectivity index (χ0n) is 10.8. The van der Waals surface area contributed by atoms with E-state index in [4.69, 9.17) is 5.73 Å².